The van der Waals surface area contributed by atoms with Gasteiger partial charge in [-0.05, 0) is 49.8 Å². The topological polar surface area (TPSA) is 99.5 Å². The maximum absolute atomic E-state index is 14.3. The van der Waals surface area contributed by atoms with Crippen molar-refractivity contribution >= 4 is 37.4 Å². The van der Waals surface area contributed by atoms with Crippen LogP contribution in [0.4, 0.5) is 21.9 Å². The first-order valence-corrected chi connectivity index (χ1v) is 14.7. The molecule has 4 atom stereocenters. The van der Waals surface area contributed by atoms with Gasteiger partial charge in [-0.2, -0.15) is 0 Å². The quantitative estimate of drug-likeness (QED) is 0.633. The summed E-state index contributed by atoms with van der Waals surface area (Å²) in [6.07, 6.45) is -0.544. The monoisotopic (exact) mass is 482 g/mol. The molecule has 2 amide bonds. The number of rotatable bonds is 5. The number of benzene rings is 2. The first-order chi connectivity index (χ1) is 16.2. The molecule has 0 aliphatic carbocycles. The van der Waals surface area contributed by atoms with Crippen LogP contribution in [-0.4, -0.2) is 56.1 Å². The van der Waals surface area contributed by atoms with Gasteiger partial charge in [-0.25, -0.2) is 4.79 Å². The van der Waals surface area contributed by atoms with Crippen LogP contribution in [0.1, 0.15) is 18.9 Å². The van der Waals surface area contributed by atoms with Crippen LogP contribution in [0.15, 0.2) is 48.5 Å². The average Bonchev–Trinajstić information content (AvgIpc) is 3.42. The molecule has 180 valence electrons. The first-order valence-electron chi connectivity index (χ1n) is 11.7. The number of hydrogen-bond donors (Lipinski definition) is 2. The van der Waals surface area contributed by atoms with E-state index in [9.17, 15) is 19.5 Å². The number of fused-ring (bicyclic) bond motifs is 2. The molecule has 34 heavy (non-hydrogen) atoms. The highest BCUT2D eigenvalue weighted by atomic mass is 28.4. The smallest absolute Gasteiger partial charge is 0.414 e. The molecular weight excluding hydrogens is 452 g/mol. The summed E-state index contributed by atoms with van der Waals surface area (Å²) in [5, 5.41) is 9.74. The second kappa shape index (κ2) is 8.19. The van der Waals surface area contributed by atoms with Crippen molar-refractivity contribution in [2.75, 3.05) is 29.6 Å². The Hall–Kier alpha value is -2.72. The average molecular weight is 483 g/mol. The highest BCUT2D eigenvalue weighted by Crippen LogP contribution is 2.61. The fraction of sp³-hybridized carbons (Fsp3) is 0.440. The summed E-state index contributed by atoms with van der Waals surface area (Å²) >= 11 is 0. The van der Waals surface area contributed by atoms with Crippen molar-refractivity contribution in [2.24, 2.45) is 5.92 Å². The van der Waals surface area contributed by atoms with E-state index in [0.717, 1.165) is 5.69 Å². The number of carbonyl (C=O) groups is 2. The van der Waals surface area contributed by atoms with E-state index in [2.05, 4.69) is 0 Å². The molecule has 0 aromatic heterocycles. The summed E-state index contributed by atoms with van der Waals surface area (Å²) in [4.78, 5) is 41.0. The van der Waals surface area contributed by atoms with Crippen molar-refractivity contribution < 1.29 is 29.0 Å². The van der Waals surface area contributed by atoms with Crippen LogP contribution in [0, 0.1) is 5.92 Å². The third kappa shape index (κ3) is 3.30. The second-order valence-electron chi connectivity index (χ2n) is 9.82. The van der Waals surface area contributed by atoms with E-state index in [4.69, 9.17) is 9.47 Å². The lowest BCUT2D eigenvalue weighted by Gasteiger charge is -2.32. The van der Waals surface area contributed by atoms with Crippen molar-refractivity contribution in [3.63, 3.8) is 0 Å². The fourth-order valence-corrected chi connectivity index (χ4v) is 8.62. The molecule has 2 fully saturated rings. The zero-order valence-electron chi connectivity index (χ0n) is 19.6. The van der Waals surface area contributed by atoms with Gasteiger partial charge >= 0.3 is 6.09 Å². The van der Waals surface area contributed by atoms with E-state index < -0.39 is 26.1 Å². The van der Waals surface area contributed by atoms with Gasteiger partial charge in [-0.3, -0.25) is 14.6 Å². The minimum absolute atomic E-state index is 0.0997. The molecule has 8 nitrogen and oxygen atoms in total. The number of amides is 2. The number of aliphatic hydroxyl groups excluding tert-OH is 1. The number of nitrogens with zero attached hydrogens (tertiary/aromatic N) is 2. The first kappa shape index (κ1) is 23.0. The standard InChI is InChI=1S/C25H30N2O6Si/c1-16-22(34(2,3)31)21(11-13-28)33-25(16)19-15-18(26-12-14-32-24(26)30)9-10-20(19)27(23(25)29)17-7-5-4-6-8-17/h4-10,15-16,21-22,28,31H,11-14H2,1-3H3/t16-,21+,22-,25+/m1/s1. The highest BCUT2D eigenvalue weighted by Gasteiger charge is 2.66. The van der Waals surface area contributed by atoms with Gasteiger partial charge in [-0.1, -0.05) is 25.1 Å². The predicted octanol–water partition coefficient (Wildman–Crippen LogP) is 3.50. The Morgan fingerprint density at radius 2 is 1.85 bits per heavy atom. The third-order valence-electron chi connectivity index (χ3n) is 7.38. The van der Waals surface area contributed by atoms with Crippen molar-refractivity contribution in [1.82, 2.24) is 0 Å². The SMILES string of the molecule is C[C@@H]1[C@@H]([Si](C)(C)O)[C@H](CCO)O[C@@]12C(=O)N(c1ccccc1)c1ccc(N3CCOC3=O)cc12. The fourth-order valence-electron chi connectivity index (χ4n) is 6.02. The Kier molecular flexibility index (Phi) is 5.55. The lowest BCUT2D eigenvalue weighted by atomic mass is 9.82. The molecule has 2 saturated heterocycles. The molecule has 3 heterocycles. The van der Waals surface area contributed by atoms with Crippen LogP contribution in [-0.2, 0) is 19.9 Å². The Balaban J connectivity index is 1.70. The molecule has 2 aromatic rings. The molecular formula is C25H30N2O6Si. The maximum Gasteiger partial charge on any atom is 0.414 e. The van der Waals surface area contributed by atoms with Crippen molar-refractivity contribution in [3.8, 4) is 0 Å². The molecule has 3 aliphatic heterocycles. The van der Waals surface area contributed by atoms with E-state index in [1.807, 2.05) is 68.5 Å². The summed E-state index contributed by atoms with van der Waals surface area (Å²) in [5.41, 5.74) is 1.14. The minimum Gasteiger partial charge on any atom is -0.447 e. The minimum atomic E-state index is -2.77. The van der Waals surface area contributed by atoms with Crippen LogP contribution >= 0.6 is 0 Å². The Morgan fingerprint density at radius 3 is 2.47 bits per heavy atom. The van der Waals surface area contributed by atoms with Crippen LogP contribution in [0.25, 0.3) is 0 Å². The van der Waals surface area contributed by atoms with Gasteiger partial charge in [0.2, 0.25) is 0 Å². The summed E-state index contributed by atoms with van der Waals surface area (Å²) in [5.74, 6) is -0.553. The molecule has 0 bridgehead atoms. The van der Waals surface area contributed by atoms with Crippen molar-refractivity contribution in [1.29, 1.82) is 0 Å². The molecule has 5 rings (SSSR count). The van der Waals surface area contributed by atoms with E-state index >= 15 is 0 Å². The lowest BCUT2D eigenvalue weighted by molar-refractivity contribution is -0.145. The van der Waals surface area contributed by atoms with Crippen LogP contribution in [0.2, 0.25) is 18.6 Å². The molecule has 2 aromatic carbocycles. The van der Waals surface area contributed by atoms with Gasteiger partial charge in [0, 0.05) is 35.0 Å². The maximum atomic E-state index is 14.3. The summed E-state index contributed by atoms with van der Waals surface area (Å²) in [7, 11) is -2.77. The molecule has 9 heteroatoms. The van der Waals surface area contributed by atoms with Crippen molar-refractivity contribution in [2.45, 2.75) is 43.7 Å². The van der Waals surface area contributed by atoms with E-state index in [-0.39, 0.29) is 24.0 Å². The van der Waals surface area contributed by atoms with E-state index in [1.54, 1.807) is 9.80 Å². The third-order valence-corrected chi connectivity index (χ3v) is 9.88. The molecule has 3 aliphatic rings. The van der Waals surface area contributed by atoms with E-state index in [1.165, 1.54) is 0 Å². The Bertz CT molecular complexity index is 1120. The molecule has 1 spiro atoms. The molecule has 0 saturated carbocycles. The van der Waals surface area contributed by atoms with Crippen LogP contribution in [0.5, 0.6) is 0 Å². The number of hydrogen-bond acceptors (Lipinski definition) is 6. The van der Waals surface area contributed by atoms with Gasteiger partial charge in [0.05, 0.1) is 18.3 Å². The van der Waals surface area contributed by atoms with E-state index in [0.29, 0.717) is 36.5 Å². The van der Waals surface area contributed by atoms with Gasteiger partial charge in [-0.15, -0.1) is 0 Å². The summed E-state index contributed by atoms with van der Waals surface area (Å²) < 4.78 is 11.7. The molecule has 0 radical (unpaired) electrons. The highest BCUT2D eigenvalue weighted by molar-refractivity contribution is 6.71. The van der Waals surface area contributed by atoms with Gasteiger partial charge in [0.15, 0.2) is 13.9 Å². The number of carbonyl (C=O) groups excluding carboxylic acids is 2. The molecule has 0 unspecified atom stereocenters. The number of ether oxygens (including phenoxy) is 2. The van der Waals surface area contributed by atoms with Crippen molar-refractivity contribution in [3.05, 3.63) is 54.1 Å². The van der Waals surface area contributed by atoms with Crippen LogP contribution < -0.4 is 9.80 Å². The Labute approximate surface area is 199 Å². The molecule has 2 N–H and O–H groups in total. The number of aliphatic hydroxyl groups is 1. The lowest BCUT2D eigenvalue weighted by Crippen LogP contribution is -2.45. The largest absolute Gasteiger partial charge is 0.447 e. The number of anilines is 3. The van der Waals surface area contributed by atoms with Gasteiger partial charge in [0.25, 0.3) is 5.91 Å². The zero-order chi connectivity index (χ0) is 24.3. The number of para-hydroxylation sites is 1. The zero-order valence-corrected chi connectivity index (χ0v) is 20.6. The summed E-state index contributed by atoms with van der Waals surface area (Å²) in [6, 6.07) is 14.9. The van der Waals surface area contributed by atoms with Gasteiger partial charge < -0.3 is 19.4 Å². The normalized spacial score (nSPS) is 28.7. The Morgan fingerprint density at radius 1 is 1.12 bits per heavy atom. The van der Waals surface area contributed by atoms with Gasteiger partial charge in [0.1, 0.15) is 6.61 Å². The predicted molar refractivity (Wildman–Crippen MR) is 130 cm³/mol. The second-order valence-corrected chi connectivity index (χ2v) is 13.8. The summed E-state index contributed by atoms with van der Waals surface area (Å²) in [6.45, 7) is 6.31. The van der Waals surface area contributed by atoms with Crippen LogP contribution in [0.3, 0.4) is 0 Å². The number of cyclic esters (lactones) is 1.